The summed E-state index contributed by atoms with van der Waals surface area (Å²) in [5.74, 6) is -0.521. The lowest BCUT2D eigenvalue weighted by atomic mass is 10.2. The summed E-state index contributed by atoms with van der Waals surface area (Å²) in [4.78, 5) is 11.3. The molecule has 3 nitrogen and oxygen atoms in total. The summed E-state index contributed by atoms with van der Waals surface area (Å²) < 4.78 is 16.5. The zero-order chi connectivity index (χ0) is 11.3. The van der Waals surface area contributed by atoms with Crippen LogP contribution in [0.15, 0.2) is 18.2 Å². The molecule has 1 aromatic carbocycles. The standard InChI is InChI=1S/C10H11ClFNO2/c11-8-3-2-7(6-9(8)13)10(14)15-5-1-4-12/h2-3,6H,1,4-5,13H2. The highest BCUT2D eigenvalue weighted by Gasteiger charge is 2.08. The molecular formula is C10H11ClFNO2. The average molecular weight is 232 g/mol. The summed E-state index contributed by atoms with van der Waals surface area (Å²) >= 11 is 5.69. The lowest BCUT2D eigenvalue weighted by Gasteiger charge is -2.04. The second kappa shape index (κ2) is 5.56. The maximum Gasteiger partial charge on any atom is 0.338 e. The van der Waals surface area contributed by atoms with E-state index in [0.717, 1.165) is 0 Å². The third-order valence-corrected chi connectivity index (χ3v) is 2.09. The number of halogens is 2. The normalized spacial score (nSPS) is 10.0. The van der Waals surface area contributed by atoms with Crippen LogP contribution >= 0.6 is 11.6 Å². The van der Waals surface area contributed by atoms with Crippen molar-refractivity contribution in [2.75, 3.05) is 19.0 Å². The number of nitrogen functional groups attached to an aromatic ring is 1. The maximum atomic E-state index is 11.7. The van der Waals surface area contributed by atoms with Gasteiger partial charge in [-0.15, -0.1) is 0 Å². The first-order valence-corrected chi connectivity index (χ1v) is 4.81. The summed E-state index contributed by atoms with van der Waals surface area (Å²) in [5.41, 5.74) is 6.15. The molecule has 0 atom stereocenters. The van der Waals surface area contributed by atoms with Gasteiger partial charge in [-0.3, -0.25) is 4.39 Å². The molecule has 0 aliphatic carbocycles. The van der Waals surface area contributed by atoms with Crippen molar-refractivity contribution < 1.29 is 13.9 Å². The van der Waals surface area contributed by atoms with Crippen molar-refractivity contribution in [1.82, 2.24) is 0 Å². The molecule has 0 spiro atoms. The van der Waals surface area contributed by atoms with E-state index < -0.39 is 12.6 Å². The number of hydrogen-bond donors (Lipinski definition) is 1. The largest absolute Gasteiger partial charge is 0.462 e. The molecule has 0 amide bonds. The fourth-order valence-electron chi connectivity index (χ4n) is 0.973. The molecule has 0 aliphatic rings. The summed E-state index contributed by atoms with van der Waals surface area (Å²) in [5, 5.41) is 0.385. The molecule has 1 aromatic rings. The Morgan fingerprint density at radius 3 is 2.87 bits per heavy atom. The number of alkyl halides is 1. The Labute approximate surface area is 92.0 Å². The van der Waals surface area contributed by atoms with Gasteiger partial charge >= 0.3 is 5.97 Å². The zero-order valence-corrected chi connectivity index (χ0v) is 8.76. The van der Waals surface area contributed by atoms with Gasteiger partial charge in [0.2, 0.25) is 0 Å². The Kier molecular flexibility index (Phi) is 4.37. The van der Waals surface area contributed by atoms with Crippen LogP contribution in [0.3, 0.4) is 0 Å². The summed E-state index contributed by atoms with van der Waals surface area (Å²) in [6.07, 6.45) is 0.203. The first-order chi connectivity index (χ1) is 7.15. The lowest BCUT2D eigenvalue weighted by Crippen LogP contribution is -2.07. The number of carbonyl (C=O) groups excluding carboxylic acids is 1. The Hall–Kier alpha value is -1.29. The second-order valence-electron chi connectivity index (χ2n) is 2.91. The van der Waals surface area contributed by atoms with Crippen LogP contribution in [-0.4, -0.2) is 19.3 Å². The van der Waals surface area contributed by atoms with Crippen LogP contribution in [0.25, 0.3) is 0 Å². The Balaban J connectivity index is 2.62. The number of anilines is 1. The minimum atomic E-state index is -0.521. The first kappa shape index (κ1) is 11.8. The van der Waals surface area contributed by atoms with E-state index in [1.54, 1.807) is 0 Å². The number of benzene rings is 1. The number of rotatable bonds is 4. The molecule has 0 fully saturated rings. The van der Waals surface area contributed by atoms with Crippen LogP contribution in [0, 0.1) is 0 Å². The molecule has 2 N–H and O–H groups in total. The number of carbonyl (C=O) groups is 1. The first-order valence-electron chi connectivity index (χ1n) is 4.43. The number of nitrogens with two attached hydrogens (primary N) is 1. The van der Waals surface area contributed by atoms with Crippen LogP contribution in [0.4, 0.5) is 10.1 Å². The van der Waals surface area contributed by atoms with Gasteiger partial charge < -0.3 is 10.5 Å². The van der Waals surface area contributed by atoms with E-state index in [1.165, 1.54) is 18.2 Å². The van der Waals surface area contributed by atoms with Crippen molar-refractivity contribution in [3.05, 3.63) is 28.8 Å². The maximum absolute atomic E-state index is 11.7. The smallest absolute Gasteiger partial charge is 0.338 e. The van der Waals surface area contributed by atoms with E-state index in [9.17, 15) is 9.18 Å². The van der Waals surface area contributed by atoms with Crippen LogP contribution in [0.5, 0.6) is 0 Å². The summed E-state index contributed by atoms with van der Waals surface area (Å²) in [6.45, 7) is -0.437. The fraction of sp³-hybridized carbons (Fsp3) is 0.300. The monoisotopic (exact) mass is 231 g/mol. The molecule has 82 valence electrons. The van der Waals surface area contributed by atoms with Crippen LogP contribution in [0.2, 0.25) is 5.02 Å². The predicted molar refractivity (Wildman–Crippen MR) is 56.7 cm³/mol. The Bertz CT molecular complexity index is 357. The SMILES string of the molecule is Nc1cc(C(=O)OCCCF)ccc1Cl. The van der Waals surface area contributed by atoms with E-state index in [2.05, 4.69) is 0 Å². The van der Waals surface area contributed by atoms with E-state index in [0.29, 0.717) is 16.3 Å². The molecule has 5 heteroatoms. The quantitative estimate of drug-likeness (QED) is 0.492. The molecule has 0 unspecified atom stereocenters. The summed E-state index contributed by atoms with van der Waals surface area (Å²) in [6, 6.07) is 4.46. The Morgan fingerprint density at radius 1 is 1.53 bits per heavy atom. The number of ether oxygens (including phenoxy) is 1. The van der Waals surface area contributed by atoms with Gasteiger partial charge in [-0.25, -0.2) is 4.79 Å². The third kappa shape index (κ3) is 3.40. The Morgan fingerprint density at radius 2 is 2.27 bits per heavy atom. The van der Waals surface area contributed by atoms with Crippen molar-refractivity contribution in [2.24, 2.45) is 0 Å². The second-order valence-corrected chi connectivity index (χ2v) is 3.32. The fourth-order valence-corrected chi connectivity index (χ4v) is 1.09. The summed E-state index contributed by atoms with van der Waals surface area (Å²) in [7, 11) is 0. The van der Waals surface area contributed by atoms with Gasteiger partial charge in [0.05, 0.1) is 29.6 Å². The average Bonchev–Trinajstić information content (AvgIpc) is 2.22. The van der Waals surface area contributed by atoms with Crippen LogP contribution in [-0.2, 0) is 4.74 Å². The predicted octanol–water partition coefficient (Wildman–Crippen LogP) is 2.44. The molecule has 0 radical (unpaired) electrons. The van der Waals surface area contributed by atoms with Gasteiger partial charge in [-0.2, -0.15) is 0 Å². The zero-order valence-electron chi connectivity index (χ0n) is 8.00. The van der Waals surface area contributed by atoms with Crippen molar-refractivity contribution >= 4 is 23.3 Å². The van der Waals surface area contributed by atoms with Crippen LogP contribution < -0.4 is 5.73 Å². The molecule has 0 aliphatic heterocycles. The topological polar surface area (TPSA) is 52.3 Å². The van der Waals surface area contributed by atoms with E-state index in [4.69, 9.17) is 22.1 Å². The minimum Gasteiger partial charge on any atom is -0.462 e. The lowest BCUT2D eigenvalue weighted by molar-refractivity contribution is 0.0494. The number of esters is 1. The van der Waals surface area contributed by atoms with Crippen molar-refractivity contribution in [3.8, 4) is 0 Å². The molecule has 0 saturated heterocycles. The van der Waals surface area contributed by atoms with Gasteiger partial charge in [0.15, 0.2) is 0 Å². The van der Waals surface area contributed by atoms with Gasteiger partial charge in [-0.05, 0) is 18.2 Å². The van der Waals surface area contributed by atoms with E-state index >= 15 is 0 Å². The van der Waals surface area contributed by atoms with Gasteiger partial charge in [0.25, 0.3) is 0 Å². The van der Waals surface area contributed by atoms with Crippen molar-refractivity contribution in [2.45, 2.75) is 6.42 Å². The van der Waals surface area contributed by atoms with Gasteiger partial charge in [0, 0.05) is 6.42 Å². The van der Waals surface area contributed by atoms with Crippen LogP contribution in [0.1, 0.15) is 16.8 Å². The molecule has 0 bridgehead atoms. The van der Waals surface area contributed by atoms with E-state index in [-0.39, 0.29) is 13.0 Å². The number of hydrogen-bond acceptors (Lipinski definition) is 3. The highest BCUT2D eigenvalue weighted by molar-refractivity contribution is 6.33. The van der Waals surface area contributed by atoms with E-state index in [1.807, 2.05) is 0 Å². The van der Waals surface area contributed by atoms with Crippen molar-refractivity contribution in [1.29, 1.82) is 0 Å². The molecular weight excluding hydrogens is 221 g/mol. The molecule has 1 rings (SSSR count). The van der Waals surface area contributed by atoms with Gasteiger partial charge in [0.1, 0.15) is 0 Å². The molecule has 15 heavy (non-hydrogen) atoms. The van der Waals surface area contributed by atoms with Crippen molar-refractivity contribution in [3.63, 3.8) is 0 Å². The highest BCUT2D eigenvalue weighted by atomic mass is 35.5. The minimum absolute atomic E-state index is 0.0673. The third-order valence-electron chi connectivity index (χ3n) is 1.74. The molecule has 0 aromatic heterocycles. The molecule has 0 saturated carbocycles. The highest BCUT2D eigenvalue weighted by Crippen LogP contribution is 2.19. The van der Waals surface area contributed by atoms with Gasteiger partial charge in [-0.1, -0.05) is 11.6 Å². The molecule has 0 heterocycles.